The first-order chi connectivity index (χ1) is 7.07. The Bertz CT molecular complexity index is 171. The van der Waals surface area contributed by atoms with Gasteiger partial charge < -0.3 is 15.2 Å². The molecule has 1 atom stereocenters. The molecular formula is C11H23NO3. The zero-order chi connectivity index (χ0) is 11.7. The van der Waals surface area contributed by atoms with Gasteiger partial charge in [-0.15, -0.1) is 0 Å². The van der Waals surface area contributed by atoms with E-state index in [0.29, 0.717) is 13.0 Å². The fourth-order valence-electron chi connectivity index (χ4n) is 1.23. The average Bonchev–Trinajstić information content (AvgIpc) is 2.15. The first kappa shape index (κ1) is 14.4. The molecule has 0 aliphatic heterocycles. The number of carboxylic acid groups (broad SMARTS) is 1. The van der Waals surface area contributed by atoms with Gasteiger partial charge in [-0.2, -0.15) is 0 Å². The third kappa shape index (κ3) is 8.39. The number of unbranched alkanes of at least 4 members (excludes halogenated alkanes) is 1. The Balaban J connectivity index is 3.62. The molecule has 1 unspecified atom stereocenters. The van der Waals surface area contributed by atoms with E-state index >= 15 is 0 Å². The Labute approximate surface area is 92.0 Å². The van der Waals surface area contributed by atoms with Gasteiger partial charge in [0, 0.05) is 19.3 Å². The molecule has 0 aliphatic carbocycles. The van der Waals surface area contributed by atoms with Crippen molar-refractivity contribution in [3.63, 3.8) is 0 Å². The molecule has 0 amide bonds. The first-order valence-electron chi connectivity index (χ1n) is 5.64. The summed E-state index contributed by atoms with van der Waals surface area (Å²) in [5, 5.41) is 11.9. The van der Waals surface area contributed by atoms with Crippen molar-refractivity contribution in [3.05, 3.63) is 0 Å². The van der Waals surface area contributed by atoms with Gasteiger partial charge >= 0.3 is 5.97 Å². The summed E-state index contributed by atoms with van der Waals surface area (Å²) in [5.74, 6) is -0.803. The summed E-state index contributed by atoms with van der Waals surface area (Å²) in [6.45, 7) is 7.21. The average molecular weight is 217 g/mol. The highest BCUT2D eigenvalue weighted by Gasteiger charge is 2.17. The van der Waals surface area contributed by atoms with Crippen molar-refractivity contribution in [2.75, 3.05) is 13.2 Å². The second-order valence-electron chi connectivity index (χ2n) is 3.97. The van der Waals surface area contributed by atoms with Crippen LogP contribution in [0.1, 0.15) is 40.0 Å². The van der Waals surface area contributed by atoms with Gasteiger partial charge in [0.2, 0.25) is 0 Å². The molecule has 90 valence electrons. The number of nitrogens with one attached hydrogen (secondary N) is 1. The third-order valence-electron chi connectivity index (χ3n) is 2.03. The molecule has 15 heavy (non-hydrogen) atoms. The second-order valence-corrected chi connectivity index (χ2v) is 3.97. The van der Waals surface area contributed by atoms with E-state index in [2.05, 4.69) is 12.2 Å². The fraction of sp³-hybridized carbons (Fsp3) is 0.909. The Morgan fingerprint density at radius 3 is 2.53 bits per heavy atom. The number of aliphatic carboxylic acids is 1. The Kier molecular flexibility index (Phi) is 8.33. The van der Waals surface area contributed by atoms with Crippen molar-refractivity contribution in [1.82, 2.24) is 5.32 Å². The van der Waals surface area contributed by atoms with Crippen molar-refractivity contribution in [2.45, 2.75) is 52.1 Å². The van der Waals surface area contributed by atoms with Crippen LogP contribution in [0.15, 0.2) is 0 Å². The first-order valence-corrected chi connectivity index (χ1v) is 5.64. The summed E-state index contributed by atoms with van der Waals surface area (Å²) < 4.78 is 5.33. The molecule has 0 aromatic heterocycles. The van der Waals surface area contributed by atoms with E-state index in [1.54, 1.807) is 0 Å². The van der Waals surface area contributed by atoms with Crippen LogP contribution in [0.3, 0.4) is 0 Å². The second kappa shape index (κ2) is 8.68. The van der Waals surface area contributed by atoms with Crippen LogP contribution in [0, 0.1) is 0 Å². The molecule has 2 N–H and O–H groups in total. The van der Waals surface area contributed by atoms with Crippen LogP contribution in [0.25, 0.3) is 0 Å². The van der Waals surface area contributed by atoms with E-state index in [-0.39, 0.29) is 6.04 Å². The van der Waals surface area contributed by atoms with Gasteiger partial charge in [0.1, 0.15) is 6.04 Å². The van der Waals surface area contributed by atoms with Gasteiger partial charge in [-0.25, -0.2) is 0 Å². The molecule has 0 aliphatic rings. The molecule has 4 nitrogen and oxygen atoms in total. The number of ether oxygens (including phenoxy) is 1. The molecule has 0 saturated carbocycles. The molecule has 0 spiro atoms. The summed E-state index contributed by atoms with van der Waals surface area (Å²) in [7, 11) is 0. The molecule has 4 heteroatoms. The highest BCUT2D eigenvalue weighted by atomic mass is 16.5. The summed E-state index contributed by atoms with van der Waals surface area (Å²) >= 11 is 0. The van der Waals surface area contributed by atoms with E-state index in [1.165, 1.54) is 0 Å². The monoisotopic (exact) mass is 217 g/mol. The van der Waals surface area contributed by atoms with Gasteiger partial charge in [0.25, 0.3) is 0 Å². The molecule has 0 bridgehead atoms. The molecule has 0 fully saturated rings. The summed E-state index contributed by atoms with van der Waals surface area (Å²) in [6.07, 6.45) is 2.67. The fourth-order valence-corrected chi connectivity index (χ4v) is 1.23. The van der Waals surface area contributed by atoms with E-state index in [1.807, 2.05) is 13.8 Å². The lowest BCUT2D eigenvalue weighted by molar-refractivity contribution is -0.140. The zero-order valence-electron chi connectivity index (χ0n) is 9.95. The maximum Gasteiger partial charge on any atom is 0.320 e. The van der Waals surface area contributed by atoms with Crippen molar-refractivity contribution in [2.24, 2.45) is 0 Å². The smallest absolute Gasteiger partial charge is 0.320 e. The highest BCUT2D eigenvalue weighted by molar-refractivity contribution is 5.73. The minimum absolute atomic E-state index is 0.182. The SMILES string of the molecule is CCCCOCCC(NC(C)C)C(=O)O. The molecule has 0 radical (unpaired) electrons. The molecule has 0 saturated heterocycles. The van der Waals surface area contributed by atoms with Gasteiger partial charge in [0.15, 0.2) is 0 Å². The van der Waals surface area contributed by atoms with Crippen molar-refractivity contribution >= 4 is 5.97 Å². The Morgan fingerprint density at radius 2 is 2.07 bits per heavy atom. The zero-order valence-corrected chi connectivity index (χ0v) is 9.95. The van der Waals surface area contributed by atoms with E-state index < -0.39 is 12.0 Å². The lowest BCUT2D eigenvalue weighted by atomic mass is 10.2. The highest BCUT2D eigenvalue weighted by Crippen LogP contribution is 1.97. The van der Waals surface area contributed by atoms with Crippen molar-refractivity contribution < 1.29 is 14.6 Å². The van der Waals surface area contributed by atoms with Crippen LogP contribution in [-0.2, 0) is 9.53 Å². The van der Waals surface area contributed by atoms with Crippen molar-refractivity contribution in [3.8, 4) is 0 Å². The van der Waals surface area contributed by atoms with Gasteiger partial charge in [-0.1, -0.05) is 27.2 Å². The quantitative estimate of drug-likeness (QED) is 0.576. The molecular weight excluding hydrogens is 194 g/mol. The summed E-state index contributed by atoms with van der Waals surface area (Å²) in [5.41, 5.74) is 0. The van der Waals surface area contributed by atoms with Crippen LogP contribution in [-0.4, -0.2) is 36.4 Å². The predicted molar refractivity (Wildman–Crippen MR) is 60.0 cm³/mol. The minimum atomic E-state index is -0.803. The van der Waals surface area contributed by atoms with Crippen LogP contribution in [0.2, 0.25) is 0 Å². The van der Waals surface area contributed by atoms with E-state index in [9.17, 15) is 4.79 Å². The predicted octanol–water partition coefficient (Wildman–Crippen LogP) is 1.64. The minimum Gasteiger partial charge on any atom is -0.480 e. The van der Waals surface area contributed by atoms with Crippen LogP contribution in [0.4, 0.5) is 0 Å². The summed E-state index contributed by atoms with van der Waals surface area (Å²) in [4.78, 5) is 10.8. The maximum absolute atomic E-state index is 10.8. The molecule has 0 heterocycles. The Hall–Kier alpha value is -0.610. The number of hydrogen-bond acceptors (Lipinski definition) is 3. The van der Waals surface area contributed by atoms with Crippen LogP contribution in [0.5, 0.6) is 0 Å². The van der Waals surface area contributed by atoms with Gasteiger partial charge in [-0.05, 0) is 12.8 Å². The Morgan fingerprint density at radius 1 is 1.40 bits per heavy atom. The summed E-state index contributed by atoms with van der Waals surface area (Å²) in [6, 6.07) is -0.312. The lowest BCUT2D eigenvalue weighted by Crippen LogP contribution is -2.41. The molecule has 0 aromatic carbocycles. The number of carboxylic acids is 1. The largest absolute Gasteiger partial charge is 0.480 e. The lowest BCUT2D eigenvalue weighted by Gasteiger charge is -2.17. The van der Waals surface area contributed by atoms with Crippen LogP contribution >= 0.6 is 0 Å². The maximum atomic E-state index is 10.8. The standard InChI is InChI=1S/C11H23NO3/c1-4-5-7-15-8-6-10(11(13)14)12-9(2)3/h9-10,12H,4-8H2,1-3H3,(H,13,14). The third-order valence-corrected chi connectivity index (χ3v) is 2.03. The topological polar surface area (TPSA) is 58.6 Å². The molecule has 0 rings (SSSR count). The molecule has 0 aromatic rings. The normalized spacial score (nSPS) is 13.1. The van der Waals surface area contributed by atoms with E-state index in [4.69, 9.17) is 9.84 Å². The van der Waals surface area contributed by atoms with Crippen LogP contribution < -0.4 is 5.32 Å². The van der Waals surface area contributed by atoms with E-state index in [0.717, 1.165) is 19.4 Å². The van der Waals surface area contributed by atoms with Crippen molar-refractivity contribution in [1.29, 1.82) is 0 Å². The number of carbonyl (C=O) groups is 1. The van der Waals surface area contributed by atoms with Gasteiger partial charge in [0.05, 0.1) is 0 Å². The number of hydrogen-bond donors (Lipinski definition) is 2. The number of rotatable bonds is 9. The van der Waals surface area contributed by atoms with Gasteiger partial charge in [-0.3, -0.25) is 4.79 Å².